The molecule has 2 aromatic carbocycles. The Labute approximate surface area is 200 Å². The number of amides is 2. The van der Waals surface area contributed by atoms with Crippen molar-refractivity contribution in [3.05, 3.63) is 93.3 Å². The molecule has 2 N–H and O–H groups in total. The van der Waals surface area contributed by atoms with E-state index in [0.29, 0.717) is 33.5 Å². The lowest BCUT2D eigenvalue weighted by molar-refractivity contribution is 0.103. The summed E-state index contributed by atoms with van der Waals surface area (Å²) in [5, 5.41) is 15.1. The summed E-state index contributed by atoms with van der Waals surface area (Å²) in [7, 11) is 0. The summed E-state index contributed by atoms with van der Waals surface area (Å²) in [6.07, 6.45) is 0.800. The Kier molecular flexibility index (Phi) is 6.86. The minimum absolute atomic E-state index is 0.0648. The van der Waals surface area contributed by atoms with Crippen LogP contribution in [0.2, 0.25) is 5.02 Å². The number of carbonyl (C=O) groups excluding carboxylic acids is 2. The average Bonchev–Trinajstić information content (AvgIpc) is 3.42. The van der Waals surface area contributed by atoms with Gasteiger partial charge < -0.3 is 10.6 Å². The minimum atomic E-state index is -0.420. The maximum absolute atomic E-state index is 13.3. The van der Waals surface area contributed by atoms with Gasteiger partial charge in [0.05, 0.1) is 22.8 Å². The van der Waals surface area contributed by atoms with Gasteiger partial charge >= 0.3 is 6.03 Å². The van der Waals surface area contributed by atoms with Crippen molar-refractivity contribution in [2.24, 2.45) is 0 Å². The van der Waals surface area contributed by atoms with Crippen LogP contribution in [0.25, 0.3) is 5.00 Å². The van der Waals surface area contributed by atoms with E-state index in [1.54, 1.807) is 36.4 Å². The van der Waals surface area contributed by atoms with Crippen LogP contribution in [0.3, 0.4) is 0 Å². The van der Waals surface area contributed by atoms with Crippen LogP contribution in [0.5, 0.6) is 0 Å². The smallest absolute Gasteiger partial charge is 0.319 e. The van der Waals surface area contributed by atoms with Gasteiger partial charge in [-0.05, 0) is 31.5 Å². The fourth-order valence-corrected chi connectivity index (χ4v) is 4.70. The van der Waals surface area contributed by atoms with Gasteiger partial charge in [0.25, 0.3) is 0 Å². The Morgan fingerprint density at radius 1 is 1.06 bits per heavy atom. The number of urea groups is 1. The molecule has 2 amide bonds. The molecule has 168 valence electrons. The van der Waals surface area contributed by atoms with Gasteiger partial charge in [-0.3, -0.25) is 9.36 Å². The predicted octanol–water partition coefficient (Wildman–Crippen LogP) is 5.41. The Morgan fingerprint density at radius 3 is 2.52 bits per heavy atom. The number of rotatable bonds is 7. The number of ketones is 1. The van der Waals surface area contributed by atoms with E-state index in [0.717, 1.165) is 16.3 Å². The first kappa shape index (κ1) is 22.7. The van der Waals surface area contributed by atoms with Crippen LogP contribution in [-0.2, 0) is 13.0 Å². The zero-order valence-electron chi connectivity index (χ0n) is 18.1. The lowest BCUT2D eigenvalue weighted by Crippen LogP contribution is -2.29. The van der Waals surface area contributed by atoms with Crippen LogP contribution >= 0.6 is 22.9 Å². The minimum Gasteiger partial charge on any atom is -0.331 e. The molecule has 2 aromatic heterocycles. The summed E-state index contributed by atoms with van der Waals surface area (Å²) in [6.45, 7) is 3.99. The second kappa shape index (κ2) is 9.97. The molecule has 0 radical (unpaired) electrons. The van der Waals surface area contributed by atoms with E-state index in [9.17, 15) is 9.59 Å². The number of nitrogens with zero attached hydrogens (tertiary/aromatic N) is 3. The number of carbonyl (C=O) groups is 2. The highest BCUT2D eigenvalue weighted by Crippen LogP contribution is 2.31. The molecule has 0 atom stereocenters. The van der Waals surface area contributed by atoms with Crippen LogP contribution in [0.1, 0.15) is 39.4 Å². The molecule has 0 fully saturated rings. The number of anilines is 1. The van der Waals surface area contributed by atoms with Gasteiger partial charge in [-0.15, -0.1) is 21.5 Å². The van der Waals surface area contributed by atoms with Gasteiger partial charge in [-0.25, -0.2) is 4.79 Å². The molecule has 4 rings (SSSR count). The van der Waals surface area contributed by atoms with Crippen molar-refractivity contribution in [2.75, 3.05) is 5.32 Å². The molecule has 0 saturated carbocycles. The molecule has 0 aliphatic carbocycles. The zero-order chi connectivity index (χ0) is 23.4. The number of hydrogen-bond acceptors (Lipinski definition) is 5. The number of aromatic nitrogens is 3. The largest absolute Gasteiger partial charge is 0.331 e. The first-order chi connectivity index (χ1) is 16.0. The Morgan fingerprint density at radius 2 is 1.79 bits per heavy atom. The lowest BCUT2D eigenvalue weighted by Gasteiger charge is -2.11. The fourth-order valence-electron chi connectivity index (χ4n) is 3.35. The Bertz CT molecular complexity index is 1300. The molecule has 0 bridgehead atoms. The van der Waals surface area contributed by atoms with Gasteiger partial charge in [0.2, 0.25) is 0 Å². The van der Waals surface area contributed by atoms with Crippen molar-refractivity contribution in [1.82, 2.24) is 20.1 Å². The number of halogens is 1. The highest BCUT2D eigenvalue weighted by molar-refractivity contribution is 7.15. The van der Waals surface area contributed by atoms with Crippen LogP contribution < -0.4 is 10.6 Å². The number of benzene rings is 2. The van der Waals surface area contributed by atoms with Gasteiger partial charge in [-0.2, -0.15) is 0 Å². The van der Waals surface area contributed by atoms with Crippen molar-refractivity contribution in [2.45, 2.75) is 26.8 Å². The van der Waals surface area contributed by atoms with E-state index in [1.165, 1.54) is 11.3 Å². The molecule has 7 nitrogen and oxygen atoms in total. The molecule has 33 heavy (non-hydrogen) atoms. The quantitative estimate of drug-likeness (QED) is 0.347. The normalized spacial score (nSPS) is 10.8. The van der Waals surface area contributed by atoms with Crippen molar-refractivity contribution in [3.63, 3.8) is 0 Å². The second-order valence-corrected chi connectivity index (χ2v) is 8.79. The monoisotopic (exact) mass is 479 g/mol. The topological polar surface area (TPSA) is 88.9 Å². The third kappa shape index (κ3) is 4.97. The third-order valence-corrected chi connectivity index (χ3v) is 6.61. The maximum atomic E-state index is 13.3. The molecule has 2 heterocycles. The van der Waals surface area contributed by atoms with Gasteiger partial charge in [-0.1, -0.05) is 61.0 Å². The predicted molar refractivity (Wildman–Crippen MR) is 131 cm³/mol. The number of aryl methyl sites for hydroxylation is 2. The van der Waals surface area contributed by atoms with Gasteiger partial charge in [0, 0.05) is 10.4 Å². The number of nitrogens with one attached hydrogen (secondary N) is 2. The van der Waals surface area contributed by atoms with Crippen molar-refractivity contribution >= 4 is 40.4 Å². The van der Waals surface area contributed by atoms with E-state index in [1.807, 2.05) is 42.7 Å². The van der Waals surface area contributed by atoms with E-state index >= 15 is 0 Å². The molecular weight excluding hydrogens is 458 g/mol. The van der Waals surface area contributed by atoms with Crippen LogP contribution in [0, 0.1) is 6.92 Å². The van der Waals surface area contributed by atoms with E-state index < -0.39 is 6.03 Å². The number of para-hydroxylation sites is 1. The maximum Gasteiger partial charge on any atom is 0.319 e. The van der Waals surface area contributed by atoms with Crippen molar-refractivity contribution < 1.29 is 9.59 Å². The van der Waals surface area contributed by atoms with Crippen LogP contribution in [0.4, 0.5) is 10.5 Å². The summed E-state index contributed by atoms with van der Waals surface area (Å²) in [5.74, 6) is 1.09. The van der Waals surface area contributed by atoms with E-state index in [2.05, 4.69) is 20.8 Å². The zero-order valence-corrected chi connectivity index (χ0v) is 19.7. The molecule has 0 unspecified atom stereocenters. The highest BCUT2D eigenvalue weighted by atomic mass is 35.5. The number of hydrogen-bond donors (Lipinski definition) is 2. The fraction of sp³-hybridized carbons (Fsp3) is 0.167. The third-order valence-electron chi connectivity index (χ3n) is 5.02. The second-order valence-electron chi connectivity index (χ2n) is 7.27. The summed E-state index contributed by atoms with van der Waals surface area (Å²) < 4.78 is 1.83. The molecular formula is C24H22ClN5O2S. The summed E-state index contributed by atoms with van der Waals surface area (Å²) in [4.78, 5) is 26.8. The standard InChI is InChI=1S/C24H22ClN5O2S/c1-3-17-13-18(22(31)16-9-5-4-6-10-16)23(33-17)30-15(2)28-29-21(30)14-26-24(32)27-20-12-8-7-11-19(20)25/h4-13H,3,14H2,1-2H3,(H2,26,27,32). The summed E-state index contributed by atoms with van der Waals surface area (Å²) in [5.41, 5.74) is 1.72. The molecule has 0 saturated heterocycles. The van der Waals surface area contributed by atoms with Gasteiger partial charge in [0.1, 0.15) is 10.8 Å². The van der Waals surface area contributed by atoms with Crippen molar-refractivity contribution in [1.29, 1.82) is 0 Å². The van der Waals surface area contributed by atoms with Crippen LogP contribution in [0.15, 0.2) is 60.7 Å². The van der Waals surface area contributed by atoms with E-state index in [4.69, 9.17) is 11.6 Å². The molecule has 9 heteroatoms. The SMILES string of the molecule is CCc1cc(C(=O)c2ccccc2)c(-n2c(C)nnc2CNC(=O)Nc2ccccc2Cl)s1. The Hall–Kier alpha value is -3.49. The molecule has 4 aromatic rings. The van der Waals surface area contributed by atoms with Crippen LogP contribution in [-0.4, -0.2) is 26.6 Å². The lowest BCUT2D eigenvalue weighted by atomic mass is 10.0. The molecule has 0 aliphatic rings. The average molecular weight is 480 g/mol. The highest BCUT2D eigenvalue weighted by Gasteiger charge is 2.22. The first-order valence-corrected chi connectivity index (χ1v) is 11.6. The first-order valence-electron chi connectivity index (χ1n) is 10.4. The number of thiophene rings is 1. The van der Waals surface area contributed by atoms with Gasteiger partial charge in [0.15, 0.2) is 11.6 Å². The molecule has 0 aliphatic heterocycles. The molecule has 0 spiro atoms. The summed E-state index contributed by atoms with van der Waals surface area (Å²) >= 11 is 7.63. The summed E-state index contributed by atoms with van der Waals surface area (Å²) in [6, 6.07) is 17.7. The Balaban J connectivity index is 1.60. The van der Waals surface area contributed by atoms with Crippen molar-refractivity contribution in [3.8, 4) is 5.00 Å². The van der Waals surface area contributed by atoms with E-state index in [-0.39, 0.29) is 12.3 Å².